The molecule has 4 nitrogen and oxygen atoms in total. The highest BCUT2D eigenvalue weighted by Crippen LogP contribution is 2.13. The maximum absolute atomic E-state index is 11.2. The van der Waals surface area contributed by atoms with Gasteiger partial charge in [-0.15, -0.1) is 0 Å². The van der Waals surface area contributed by atoms with Gasteiger partial charge in [-0.1, -0.05) is 0 Å². The molecule has 1 heterocycles. The monoisotopic (exact) mass is 225 g/mol. The van der Waals surface area contributed by atoms with Crippen LogP contribution >= 0.6 is 11.6 Å². The molecule has 0 fully saturated rings. The molecule has 1 rings (SSSR count). The Kier molecular flexibility index (Phi) is 4.19. The molecule has 0 aliphatic heterocycles. The van der Waals surface area contributed by atoms with E-state index in [2.05, 4.69) is 6.07 Å². The molecular weight excluding hydrogens is 214 g/mol. The van der Waals surface area contributed by atoms with E-state index in [-0.39, 0.29) is 5.15 Å². The van der Waals surface area contributed by atoms with Crippen LogP contribution in [0.3, 0.4) is 0 Å². The number of hydrogen-bond acceptors (Lipinski definition) is 3. The number of aromatic nitrogens is 1. The second kappa shape index (κ2) is 5.42. The van der Waals surface area contributed by atoms with Crippen LogP contribution in [0.4, 0.5) is 5.69 Å². The highest BCUT2D eigenvalue weighted by Gasteiger charge is 2.09. The van der Waals surface area contributed by atoms with Crippen LogP contribution in [0.1, 0.15) is 13.3 Å². The predicted molar refractivity (Wildman–Crippen MR) is 58.5 cm³/mol. The van der Waals surface area contributed by atoms with Gasteiger partial charge < -0.3 is 10.1 Å². The van der Waals surface area contributed by atoms with Gasteiger partial charge in [-0.2, -0.15) is 9.99 Å². The summed E-state index contributed by atoms with van der Waals surface area (Å²) in [5.74, 6) is 0. The van der Waals surface area contributed by atoms with Crippen LogP contribution in [0.5, 0.6) is 0 Å². The van der Waals surface area contributed by atoms with E-state index in [9.17, 15) is 5.21 Å². The maximum atomic E-state index is 11.2. The fourth-order valence-electron chi connectivity index (χ4n) is 1.29. The number of halogens is 1. The number of pyridine rings is 1. The van der Waals surface area contributed by atoms with Crippen molar-refractivity contribution in [1.82, 2.24) is 0 Å². The first kappa shape index (κ1) is 11.6. The summed E-state index contributed by atoms with van der Waals surface area (Å²) in [4.78, 5) is 1.95. The summed E-state index contributed by atoms with van der Waals surface area (Å²) >= 11 is 5.61. The summed E-state index contributed by atoms with van der Waals surface area (Å²) in [6.45, 7) is 3.35. The van der Waals surface area contributed by atoms with Gasteiger partial charge in [0, 0.05) is 19.2 Å². The zero-order valence-electron chi connectivity index (χ0n) is 8.48. The summed E-state index contributed by atoms with van der Waals surface area (Å²) in [6, 6.07) is 5.41. The van der Waals surface area contributed by atoms with Gasteiger partial charge in [0.1, 0.15) is 5.69 Å². The van der Waals surface area contributed by atoms with Crippen molar-refractivity contribution in [1.29, 1.82) is 5.26 Å². The number of nitriles is 1. The fourth-order valence-corrected chi connectivity index (χ4v) is 1.41. The van der Waals surface area contributed by atoms with Crippen LogP contribution in [-0.2, 0) is 0 Å². The molecule has 0 saturated carbocycles. The highest BCUT2D eigenvalue weighted by atomic mass is 35.5. The molecule has 0 aliphatic rings. The zero-order valence-corrected chi connectivity index (χ0v) is 9.24. The second-order valence-corrected chi connectivity index (χ2v) is 3.41. The Morgan fingerprint density at radius 1 is 1.60 bits per heavy atom. The van der Waals surface area contributed by atoms with E-state index in [1.165, 1.54) is 6.20 Å². The Balaban J connectivity index is 2.83. The molecule has 1 aromatic rings. The molecule has 0 aromatic carbocycles. The Labute approximate surface area is 93.9 Å². The first-order chi connectivity index (χ1) is 7.19. The molecule has 0 spiro atoms. The van der Waals surface area contributed by atoms with Gasteiger partial charge in [-0.3, -0.25) is 0 Å². The molecule has 0 aliphatic carbocycles. The van der Waals surface area contributed by atoms with Crippen molar-refractivity contribution in [3.8, 4) is 6.07 Å². The van der Waals surface area contributed by atoms with Gasteiger partial charge in [0.2, 0.25) is 6.20 Å². The van der Waals surface area contributed by atoms with Crippen LogP contribution in [-0.4, -0.2) is 13.1 Å². The third-order valence-corrected chi connectivity index (χ3v) is 2.38. The van der Waals surface area contributed by atoms with Crippen molar-refractivity contribution in [2.24, 2.45) is 0 Å². The van der Waals surface area contributed by atoms with Crippen LogP contribution in [0.25, 0.3) is 0 Å². The van der Waals surface area contributed by atoms with E-state index < -0.39 is 0 Å². The van der Waals surface area contributed by atoms with E-state index in [1.807, 2.05) is 11.8 Å². The van der Waals surface area contributed by atoms with Crippen molar-refractivity contribution in [2.45, 2.75) is 13.3 Å². The van der Waals surface area contributed by atoms with E-state index >= 15 is 0 Å². The van der Waals surface area contributed by atoms with Crippen molar-refractivity contribution in [3.05, 3.63) is 28.7 Å². The number of nitrogens with zero attached hydrogens (tertiary/aromatic N) is 3. The van der Waals surface area contributed by atoms with Crippen molar-refractivity contribution in [2.75, 3.05) is 18.0 Å². The normalized spacial score (nSPS) is 9.67. The molecule has 0 radical (unpaired) electrons. The first-order valence-corrected chi connectivity index (χ1v) is 5.07. The van der Waals surface area contributed by atoms with E-state index in [0.717, 1.165) is 12.2 Å². The standard InChI is InChI=1S/C10H12ClN3O/c1-2-13(7-3-6-12)9-4-5-10(11)14(15)8-9/h4-5,8H,2-3,7H2,1H3. The topological polar surface area (TPSA) is 54.0 Å². The predicted octanol–water partition coefficient (Wildman–Crippen LogP) is 1.71. The maximum Gasteiger partial charge on any atom is 0.286 e. The van der Waals surface area contributed by atoms with Gasteiger partial charge in [0.25, 0.3) is 5.15 Å². The summed E-state index contributed by atoms with van der Waals surface area (Å²) in [5, 5.41) is 19.9. The lowest BCUT2D eigenvalue weighted by Gasteiger charge is -2.20. The average molecular weight is 226 g/mol. The molecule has 80 valence electrons. The van der Waals surface area contributed by atoms with Crippen molar-refractivity contribution < 1.29 is 4.73 Å². The third kappa shape index (κ3) is 3.00. The summed E-state index contributed by atoms with van der Waals surface area (Å²) < 4.78 is 0.617. The van der Waals surface area contributed by atoms with Crippen LogP contribution in [0, 0.1) is 16.5 Å². The smallest absolute Gasteiger partial charge is 0.286 e. The minimum Gasteiger partial charge on any atom is -0.618 e. The Morgan fingerprint density at radius 3 is 2.87 bits per heavy atom. The molecule has 15 heavy (non-hydrogen) atoms. The largest absolute Gasteiger partial charge is 0.618 e. The molecule has 0 amide bonds. The SMILES string of the molecule is CCN(CCC#N)c1ccc(Cl)[n+]([O-])c1. The highest BCUT2D eigenvalue weighted by molar-refractivity contribution is 6.28. The van der Waals surface area contributed by atoms with E-state index in [4.69, 9.17) is 16.9 Å². The third-order valence-electron chi connectivity index (χ3n) is 2.09. The zero-order chi connectivity index (χ0) is 11.3. The van der Waals surface area contributed by atoms with Crippen LogP contribution < -0.4 is 9.63 Å². The first-order valence-electron chi connectivity index (χ1n) is 4.69. The molecule has 0 bridgehead atoms. The lowest BCUT2D eigenvalue weighted by atomic mass is 10.3. The van der Waals surface area contributed by atoms with E-state index in [1.54, 1.807) is 12.1 Å². The fraction of sp³-hybridized carbons (Fsp3) is 0.400. The van der Waals surface area contributed by atoms with Crippen molar-refractivity contribution >= 4 is 17.3 Å². The Bertz CT molecular complexity index is 375. The molecule has 0 N–H and O–H groups in total. The summed E-state index contributed by atoms with van der Waals surface area (Å²) in [5.41, 5.74) is 0.784. The Hall–Kier alpha value is -1.47. The molecule has 1 aromatic heterocycles. The van der Waals surface area contributed by atoms with Crippen molar-refractivity contribution in [3.63, 3.8) is 0 Å². The van der Waals surface area contributed by atoms with Gasteiger partial charge in [0.05, 0.1) is 12.5 Å². The lowest BCUT2D eigenvalue weighted by Crippen LogP contribution is -2.31. The molecule has 0 atom stereocenters. The molecule has 5 heteroatoms. The molecule has 0 saturated heterocycles. The second-order valence-electron chi connectivity index (χ2n) is 3.02. The summed E-state index contributed by atoms with van der Waals surface area (Å²) in [7, 11) is 0. The van der Waals surface area contributed by atoms with Gasteiger partial charge in [-0.05, 0) is 24.6 Å². The number of anilines is 1. The van der Waals surface area contributed by atoms with Gasteiger partial charge >= 0.3 is 0 Å². The quantitative estimate of drug-likeness (QED) is 0.445. The Morgan fingerprint density at radius 2 is 2.33 bits per heavy atom. The van der Waals surface area contributed by atoms with Crippen LogP contribution in [0.15, 0.2) is 18.3 Å². The number of rotatable bonds is 4. The molecular formula is C10H12ClN3O. The van der Waals surface area contributed by atoms with Gasteiger partial charge in [-0.25, -0.2) is 0 Å². The minimum absolute atomic E-state index is 0.148. The van der Waals surface area contributed by atoms with Crippen LogP contribution in [0.2, 0.25) is 5.15 Å². The molecule has 0 unspecified atom stereocenters. The van der Waals surface area contributed by atoms with Gasteiger partial charge in [0.15, 0.2) is 0 Å². The minimum atomic E-state index is 0.148. The average Bonchev–Trinajstić information content (AvgIpc) is 2.24. The summed E-state index contributed by atoms with van der Waals surface area (Å²) in [6.07, 6.45) is 1.86. The number of hydrogen-bond donors (Lipinski definition) is 0. The van der Waals surface area contributed by atoms with E-state index in [0.29, 0.717) is 17.7 Å². The lowest BCUT2D eigenvalue weighted by molar-refractivity contribution is -0.602.